The molecule has 30 heavy (non-hydrogen) atoms. The largest absolute Gasteiger partial charge is 0.478 e. The Bertz CT molecular complexity index is 1200. The number of anilines is 1. The summed E-state index contributed by atoms with van der Waals surface area (Å²) in [5.41, 5.74) is 1.25. The number of carbonyl (C=O) groups is 3. The predicted molar refractivity (Wildman–Crippen MR) is 114 cm³/mol. The number of para-hydroxylation sites is 1. The molecule has 2 heterocycles. The van der Waals surface area contributed by atoms with Gasteiger partial charge in [-0.1, -0.05) is 30.3 Å². The first-order valence-corrected chi connectivity index (χ1v) is 9.25. The maximum Gasteiger partial charge on any atom is 0.335 e. The summed E-state index contributed by atoms with van der Waals surface area (Å²) in [5.74, 6) is -1.42. The highest BCUT2D eigenvalue weighted by Gasteiger charge is 2.34. The van der Waals surface area contributed by atoms with Gasteiger partial charge >= 0.3 is 5.97 Å². The van der Waals surface area contributed by atoms with Gasteiger partial charge in [0.2, 0.25) is 0 Å². The number of amides is 2. The van der Waals surface area contributed by atoms with E-state index in [1.165, 1.54) is 23.1 Å². The van der Waals surface area contributed by atoms with Crippen LogP contribution in [-0.4, -0.2) is 28.0 Å². The lowest BCUT2D eigenvalue weighted by Gasteiger charge is -2.28. The van der Waals surface area contributed by atoms with E-state index in [0.717, 1.165) is 0 Å². The Morgan fingerprint density at radius 2 is 1.70 bits per heavy atom. The topological polar surface area (TPSA) is 99.9 Å². The third kappa shape index (κ3) is 3.63. The molecule has 0 atom stereocenters. The summed E-state index contributed by atoms with van der Waals surface area (Å²) in [7, 11) is 0. The molecule has 1 saturated heterocycles. The number of carboxylic acid groups (broad SMARTS) is 1. The van der Waals surface area contributed by atoms with Gasteiger partial charge in [0, 0.05) is 5.56 Å². The number of carbonyl (C=O) groups excluding carboxylic acids is 2. The molecule has 0 radical (unpaired) electrons. The SMILES string of the molecule is O=C1NC(=S)N(c2ccccc2)C(=O)/C1=C/c1ccc(-c2ccc(C(=O)O)cc2)o1. The third-order valence-electron chi connectivity index (χ3n) is 4.45. The molecule has 0 bridgehead atoms. The minimum atomic E-state index is -1.02. The van der Waals surface area contributed by atoms with Crippen molar-refractivity contribution in [2.45, 2.75) is 0 Å². The van der Waals surface area contributed by atoms with Gasteiger partial charge in [0.05, 0.1) is 11.3 Å². The quantitative estimate of drug-likeness (QED) is 0.382. The number of hydrogen-bond donors (Lipinski definition) is 2. The second-order valence-corrected chi connectivity index (χ2v) is 6.76. The van der Waals surface area contributed by atoms with E-state index in [1.807, 2.05) is 6.07 Å². The molecule has 148 valence electrons. The van der Waals surface area contributed by atoms with Crippen LogP contribution in [0.15, 0.2) is 76.7 Å². The van der Waals surface area contributed by atoms with Gasteiger partial charge in [-0.25, -0.2) is 4.79 Å². The van der Waals surface area contributed by atoms with Crippen LogP contribution in [-0.2, 0) is 9.59 Å². The highest BCUT2D eigenvalue weighted by atomic mass is 32.1. The summed E-state index contributed by atoms with van der Waals surface area (Å²) in [6, 6.07) is 18.2. The molecule has 1 aliphatic rings. The Labute approximate surface area is 176 Å². The summed E-state index contributed by atoms with van der Waals surface area (Å²) in [5, 5.41) is 11.5. The number of hydrogen-bond acceptors (Lipinski definition) is 5. The molecule has 0 spiro atoms. The van der Waals surface area contributed by atoms with Gasteiger partial charge in [-0.3, -0.25) is 19.8 Å². The molecule has 3 aromatic rings. The molecule has 8 heteroatoms. The third-order valence-corrected chi connectivity index (χ3v) is 4.73. The molecule has 0 unspecified atom stereocenters. The first-order valence-electron chi connectivity index (χ1n) is 8.84. The number of furan rings is 1. The summed E-state index contributed by atoms with van der Waals surface area (Å²) in [6.45, 7) is 0. The van der Waals surface area contributed by atoms with Crippen molar-refractivity contribution in [1.82, 2.24) is 5.32 Å². The molecule has 2 amide bonds. The summed E-state index contributed by atoms with van der Waals surface area (Å²) < 4.78 is 5.73. The van der Waals surface area contributed by atoms with Crippen molar-refractivity contribution in [1.29, 1.82) is 0 Å². The molecule has 1 fully saturated rings. The van der Waals surface area contributed by atoms with Gasteiger partial charge in [0.25, 0.3) is 11.8 Å². The maximum atomic E-state index is 12.9. The van der Waals surface area contributed by atoms with E-state index < -0.39 is 17.8 Å². The van der Waals surface area contributed by atoms with Crippen LogP contribution in [0.25, 0.3) is 17.4 Å². The fourth-order valence-corrected chi connectivity index (χ4v) is 3.25. The number of thiocarbonyl (C=S) groups is 1. The first kappa shape index (κ1) is 19.3. The summed E-state index contributed by atoms with van der Waals surface area (Å²) in [4.78, 5) is 37.5. The van der Waals surface area contributed by atoms with Crippen LogP contribution < -0.4 is 10.2 Å². The van der Waals surface area contributed by atoms with E-state index >= 15 is 0 Å². The van der Waals surface area contributed by atoms with Gasteiger partial charge in [-0.15, -0.1) is 0 Å². The zero-order valence-electron chi connectivity index (χ0n) is 15.4. The Morgan fingerprint density at radius 1 is 1.00 bits per heavy atom. The van der Waals surface area contributed by atoms with Crippen molar-refractivity contribution in [3.8, 4) is 11.3 Å². The highest BCUT2D eigenvalue weighted by molar-refractivity contribution is 7.80. The molecular weight excluding hydrogens is 404 g/mol. The molecule has 0 saturated carbocycles. The van der Waals surface area contributed by atoms with Crippen molar-refractivity contribution >= 4 is 46.9 Å². The minimum Gasteiger partial charge on any atom is -0.478 e. The van der Waals surface area contributed by atoms with E-state index in [2.05, 4.69) is 5.32 Å². The average molecular weight is 418 g/mol. The second kappa shape index (κ2) is 7.76. The van der Waals surface area contributed by atoms with E-state index in [4.69, 9.17) is 21.7 Å². The van der Waals surface area contributed by atoms with Crippen molar-refractivity contribution < 1.29 is 23.9 Å². The van der Waals surface area contributed by atoms with Crippen LogP contribution in [0.2, 0.25) is 0 Å². The summed E-state index contributed by atoms with van der Waals surface area (Å²) in [6.07, 6.45) is 1.35. The molecule has 7 nitrogen and oxygen atoms in total. The number of aromatic carboxylic acids is 1. The molecule has 1 aromatic heterocycles. The van der Waals surface area contributed by atoms with Gasteiger partial charge in [0.1, 0.15) is 17.1 Å². The van der Waals surface area contributed by atoms with Gasteiger partial charge in [0.15, 0.2) is 5.11 Å². The Morgan fingerprint density at radius 3 is 2.37 bits per heavy atom. The van der Waals surface area contributed by atoms with Crippen LogP contribution in [0.4, 0.5) is 5.69 Å². The van der Waals surface area contributed by atoms with Crippen LogP contribution in [0, 0.1) is 0 Å². The number of benzene rings is 2. The lowest BCUT2D eigenvalue weighted by Crippen LogP contribution is -2.54. The van der Waals surface area contributed by atoms with Gasteiger partial charge in [-0.2, -0.15) is 0 Å². The van der Waals surface area contributed by atoms with E-state index in [1.54, 1.807) is 48.5 Å². The Hall–Kier alpha value is -4.04. The van der Waals surface area contributed by atoms with Crippen molar-refractivity contribution in [3.05, 3.63) is 83.6 Å². The molecule has 0 aliphatic carbocycles. The molecule has 1 aliphatic heterocycles. The normalized spacial score (nSPS) is 15.4. The fraction of sp³-hybridized carbons (Fsp3) is 0. The molecule has 2 N–H and O–H groups in total. The first-order chi connectivity index (χ1) is 14.4. The van der Waals surface area contributed by atoms with Crippen LogP contribution in [0.1, 0.15) is 16.1 Å². The monoisotopic (exact) mass is 418 g/mol. The standard InChI is InChI=1S/C22H14N2O5S/c25-19-17(20(26)24(22(30)23-19)15-4-2-1-3-5-15)12-16-10-11-18(29-16)13-6-8-14(9-7-13)21(27)28/h1-12H,(H,27,28)(H,23,25,30)/b17-12+. The lowest BCUT2D eigenvalue weighted by molar-refractivity contribution is -0.122. The van der Waals surface area contributed by atoms with Crippen molar-refractivity contribution in [2.24, 2.45) is 0 Å². The number of nitrogens with zero attached hydrogens (tertiary/aromatic N) is 1. The van der Waals surface area contributed by atoms with E-state index in [-0.39, 0.29) is 16.2 Å². The zero-order chi connectivity index (χ0) is 21.3. The molecule has 2 aromatic carbocycles. The predicted octanol–water partition coefficient (Wildman–Crippen LogP) is 3.48. The average Bonchev–Trinajstić information content (AvgIpc) is 3.20. The number of nitrogens with one attached hydrogen (secondary N) is 1. The maximum absolute atomic E-state index is 12.9. The Kier molecular flexibility index (Phi) is 4.99. The van der Waals surface area contributed by atoms with Gasteiger partial charge < -0.3 is 9.52 Å². The minimum absolute atomic E-state index is 0.00649. The highest BCUT2D eigenvalue weighted by Crippen LogP contribution is 2.26. The number of carboxylic acids is 1. The lowest BCUT2D eigenvalue weighted by atomic mass is 10.1. The van der Waals surface area contributed by atoms with Crippen molar-refractivity contribution in [3.63, 3.8) is 0 Å². The smallest absolute Gasteiger partial charge is 0.335 e. The van der Waals surface area contributed by atoms with Crippen LogP contribution in [0.5, 0.6) is 0 Å². The Balaban J connectivity index is 1.64. The zero-order valence-corrected chi connectivity index (χ0v) is 16.2. The van der Waals surface area contributed by atoms with Crippen molar-refractivity contribution in [2.75, 3.05) is 4.90 Å². The van der Waals surface area contributed by atoms with Gasteiger partial charge in [-0.05, 0) is 54.7 Å². The molecular formula is C22H14N2O5S. The number of rotatable bonds is 4. The molecule has 4 rings (SSSR count). The van der Waals surface area contributed by atoms with Crippen LogP contribution in [0.3, 0.4) is 0 Å². The fourth-order valence-electron chi connectivity index (χ4n) is 2.97. The van der Waals surface area contributed by atoms with E-state index in [9.17, 15) is 14.4 Å². The van der Waals surface area contributed by atoms with E-state index in [0.29, 0.717) is 22.8 Å². The van der Waals surface area contributed by atoms with Crippen LogP contribution >= 0.6 is 12.2 Å². The second-order valence-electron chi connectivity index (χ2n) is 6.38. The summed E-state index contributed by atoms with van der Waals surface area (Å²) >= 11 is 5.16.